The van der Waals surface area contributed by atoms with Gasteiger partial charge in [0, 0.05) is 5.69 Å². The van der Waals surface area contributed by atoms with Crippen LogP contribution in [0.2, 0.25) is 0 Å². The second-order valence-electron chi connectivity index (χ2n) is 4.52. The topological polar surface area (TPSA) is 12.0 Å². The monoisotopic (exact) mass is 317 g/mol. The van der Waals surface area contributed by atoms with Crippen LogP contribution in [0, 0.1) is 5.82 Å². The van der Waals surface area contributed by atoms with E-state index in [0.717, 1.165) is 17.7 Å². The summed E-state index contributed by atoms with van der Waals surface area (Å²) in [7, 11) is 0. The van der Waals surface area contributed by atoms with Gasteiger partial charge in [0.05, 0.1) is 16.6 Å². The minimum absolute atomic E-state index is 0.0345. The summed E-state index contributed by atoms with van der Waals surface area (Å²) in [5.41, 5.74) is 0.231. The third kappa shape index (κ3) is 3.67. The molecule has 0 saturated carbocycles. The van der Waals surface area contributed by atoms with Gasteiger partial charge < -0.3 is 5.32 Å². The van der Waals surface area contributed by atoms with Crippen LogP contribution < -0.4 is 5.32 Å². The summed E-state index contributed by atoms with van der Waals surface area (Å²) in [5, 5.41) is 2.46. The molecule has 0 bridgehead atoms. The Balaban J connectivity index is 2.33. The minimum Gasteiger partial charge on any atom is -0.353 e. The zero-order valence-corrected chi connectivity index (χ0v) is 11.8. The van der Waals surface area contributed by atoms with E-state index < -0.39 is 17.6 Å². The fourth-order valence-corrected chi connectivity index (χ4v) is 2.09. The van der Waals surface area contributed by atoms with E-state index in [2.05, 4.69) is 5.32 Å². The summed E-state index contributed by atoms with van der Waals surface area (Å²) in [6.45, 7) is 1.76. The van der Waals surface area contributed by atoms with Crippen molar-refractivity contribution in [3.8, 4) is 0 Å². The molecule has 0 aliphatic rings. The molecule has 1 unspecified atom stereocenters. The van der Waals surface area contributed by atoms with Crippen LogP contribution in [0.15, 0.2) is 42.5 Å². The summed E-state index contributed by atoms with van der Waals surface area (Å²) in [5.74, 6) is -0.971. The van der Waals surface area contributed by atoms with Gasteiger partial charge in [-0.05, 0) is 36.8 Å². The first-order valence-electron chi connectivity index (χ1n) is 6.16. The summed E-state index contributed by atoms with van der Waals surface area (Å²) in [6, 6.07) is 9.32. The molecule has 0 heterocycles. The first kappa shape index (κ1) is 15.6. The highest BCUT2D eigenvalue weighted by Crippen LogP contribution is 2.34. The van der Waals surface area contributed by atoms with E-state index in [4.69, 9.17) is 11.6 Å². The van der Waals surface area contributed by atoms with Crippen LogP contribution in [0.5, 0.6) is 0 Å². The number of hydrogen-bond acceptors (Lipinski definition) is 1. The van der Waals surface area contributed by atoms with Gasteiger partial charge in [-0.25, -0.2) is 4.39 Å². The lowest BCUT2D eigenvalue weighted by atomic mass is 10.1. The van der Waals surface area contributed by atoms with Gasteiger partial charge >= 0.3 is 6.18 Å². The van der Waals surface area contributed by atoms with Crippen molar-refractivity contribution in [2.24, 2.45) is 0 Å². The Morgan fingerprint density at radius 2 is 1.71 bits per heavy atom. The van der Waals surface area contributed by atoms with Gasteiger partial charge in [0.2, 0.25) is 0 Å². The summed E-state index contributed by atoms with van der Waals surface area (Å²) < 4.78 is 51.3. The largest absolute Gasteiger partial charge is 0.416 e. The third-order valence-corrected chi connectivity index (χ3v) is 3.19. The molecule has 112 valence electrons. The Kier molecular flexibility index (Phi) is 4.42. The van der Waals surface area contributed by atoms with Crippen molar-refractivity contribution in [3.63, 3.8) is 0 Å². The molecule has 0 aliphatic heterocycles. The molecular formula is C15H12ClF4N. The maximum Gasteiger partial charge on any atom is 0.416 e. The highest BCUT2D eigenvalue weighted by molar-refractivity contribution is 6.21. The first-order chi connectivity index (χ1) is 9.79. The van der Waals surface area contributed by atoms with Gasteiger partial charge in [0.15, 0.2) is 0 Å². The first-order valence-corrected chi connectivity index (χ1v) is 6.59. The molecule has 2 aromatic rings. The highest BCUT2D eigenvalue weighted by Gasteiger charge is 2.31. The summed E-state index contributed by atoms with van der Waals surface area (Å²) in [4.78, 5) is 0. The number of nitrogens with one attached hydrogen (secondary N) is 1. The molecular weight excluding hydrogens is 306 g/mol. The highest BCUT2D eigenvalue weighted by atomic mass is 35.5. The third-order valence-electron chi connectivity index (χ3n) is 2.96. The van der Waals surface area contributed by atoms with Gasteiger partial charge in [-0.1, -0.05) is 18.2 Å². The van der Waals surface area contributed by atoms with E-state index in [-0.39, 0.29) is 11.1 Å². The number of benzene rings is 2. The SMILES string of the molecule is CC(Cl)c1ccccc1Nc1ccc(C(F)(F)F)cc1F. The van der Waals surface area contributed by atoms with Crippen molar-refractivity contribution in [1.82, 2.24) is 0 Å². The zero-order valence-electron chi connectivity index (χ0n) is 11.0. The molecule has 0 aliphatic carbocycles. The summed E-state index contributed by atoms with van der Waals surface area (Å²) >= 11 is 6.02. The van der Waals surface area contributed by atoms with Gasteiger partial charge in [-0.15, -0.1) is 11.6 Å². The molecule has 1 atom stereocenters. The molecule has 0 spiro atoms. The molecule has 1 N–H and O–H groups in total. The molecule has 2 aromatic carbocycles. The van der Waals surface area contributed by atoms with Crippen LogP contribution in [0.3, 0.4) is 0 Å². The minimum atomic E-state index is -4.57. The standard InChI is InChI=1S/C15H12ClF4N/c1-9(16)11-4-2-3-5-13(11)21-14-7-6-10(8-12(14)17)15(18,19)20/h2-9,21H,1H3. The van der Waals surface area contributed by atoms with Gasteiger partial charge in [0.1, 0.15) is 5.82 Å². The maximum atomic E-state index is 13.8. The number of halogens is 5. The Hall–Kier alpha value is -1.75. The average Bonchev–Trinajstić information content (AvgIpc) is 2.40. The average molecular weight is 318 g/mol. The summed E-state index contributed by atoms with van der Waals surface area (Å²) in [6.07, 6.45) is -4.57. The van der Waals surface area contributed by atoms with Gasteiger partial charge in [0.25, 0.3) is 0 Å². The molecule has 2 rings (SSSR count). The van der Waals surface area contributed by atoms with Gasteiger partial charge in [-0.2, -0.15) is 13.2 Å². The van der Waals surface area contributed by atoms with Crippen LogP contribution >= 0.6 is 11.6 Å². The van der Waals surface area contributed by atoms with Crippen molar-refractivity contribution >= 4 is 23.0 Å². The van der Waals surface area contributed by atoms with E-state index >= 15 is 0 Å². The van der Waals surface area contributed by atoms with Gasteiger partial charge in [-0.3, -0.25) is 0 Å². The molecule has 6 heteroatoms. The van der Waals surface area contributed by atoms with Crippen LogP contribution in [0.4, 0.5) is 28.9 Å². The number of para-hydroxylation sites is 1. The van der Waals surface area contributed by atoms with Crippen LogP contribution in [0.25, 0.3) is 0 Å². The number of alkyl halides is 4. The maximum absolute atomic E-state index is 13.8. The Labute approximate surface area is 124 Å². The normalized spacial score (nSPS) is 13.0. The Bertz CT molecular complexity index is 638. The number of anilines is 2. The fourth-order valence-electron chi connectivity index (χ4n) is 1.90. The molecule has 0 saturated heterocycles. The predicted molar refractivity (Wildman–Crippen MR) is 75.4 cm³/mol. The fraction of sp³-hybridized carbons (Fsp3) is 0.200. The smallest absolute Gasteiger partial charge is 0.353 e. The van der Waals surface area contributed by atoms with Crippen molar-refractivity contribution < 1.29 is 17.6 Å². The van der Waals surface area contributed by atoms with Crippen molar-refractivity contribution in [3.05, 3.63) is 59.4 Å². The van der Waals surface area contributed by atoms with Crippen molar-refractivity contribution in [2.75, 3.05) is 5.32 Å². The Morgan fingerprint density at radius 1 is 1.05 bits per heavy atom. The zero-order chi connectivity index (χ0) is 15.6. The van der Waals surface area contributed by atoms with E-state index in [1.54, 1.807) is 31.2 Å². The molecule has 0 radical (unpaired) electrons. The van der Waals surface area contributed by atoms with E-state index in [1.807, 2.05) is 0 Å². The second kappa shape index (κ2) is 5.93. The lowest BCUT2D eigenvalue weighted by molar-refractivity contribution is -0.137. The molecule has 0 aromatic heterocycles. The predicted octanol–water partition coefficient (Wildman–Crippen LogP) is 5.89. The quantitative estimate of drug-likeness (QED) is 0.550. The van der Waals surface area contributed by atoms with E-state index in [9.17, 15) is 17.6 Å². The van der Waals surface area contributed by atoms with Crippen LogP contribution in [-0.2, 0) is 6.18 Å². The van der Waals surface area contributed by atoms with Crippen LogP contribution in [-0.4, -0.2) is 0 Å². The lowest BCUT2D eigenvalue weighted by Crippen LogP contribution is -2.06. The number of hydrogen-bond donors (Lipinski definition) is 1. The molecule has 0 amide bonds. The molecule has 0 fully saturated rings. The van der Waals surface area contributed by atoms with Crippen LogP contribution in [0.1, 0.15) is 23.4 Å². The van der Waals surface area contributed by atoms with E-state index in [1.165, 1.54) is 0 Å². The van der Waals surface area contributed by atoms with E-state index in [0.29, 0.717) is 11.8 Å². The molecule has 1 nitrogen and oxygen atoms in total. The molecule has 21 heavy (non-hydrogen) atoms. The van der Waals surface area contributed by atoms with Crippen molar-refractivity contribution in [2.45, 2.75) is 18.5 Å². The Morgan fingerprint density at radius 3 is 2.29 bits per heavy atom. The van der Waals surface area contributed by atoms with Crippen molar-refractivity contribution in [1.29, 1.82) is 0 Å². The second-order valence-corrected chi connectivity index (χ2v) is 5.18. The number of rotatable bonds is 3. The lowest BCUT2D eigenvalue weighted by Gasteiger charge is -2.15.